The molecule has 1 aliphatic carbocycles. The molecule has 0 radical (unpaired) electrons. The van der Waals surface area contributed by atoms with Crippen molar-refractivity contribution in [3.8, 4) is 11.5 Å². The lowest BCUT2D eigenvalue weighted by Gasteiger charge is -2.19. The molecule has 1 aliphatic heterocycles. The first-order valence-corrected chi connectivity index (χ1v) is 8.88. The molecule has 2 fully saturated rings. The van der Waals surface area contributed by atoms with E-state index in [0.717, 1.165) is 36.4 Å². The van der Waals surface area contributed by atoms with Crippen LogP contribution in [0.25, 0.3) is 0 Å². The number of likely N-dealkylation sites (tertiary alicyclic amines) is 1. The van der Waals surface area contributed by atoms with Gasteiger partial charge in [-0.3, -0.25) is 0 Å². The summed E-state index contributed by atoms with van der Waals surface area (Å²) in [6.07, 6.45) is 5.22. The van der Waals surface area contributed by atoms with Gasteiger partial charge in [0.1, 0.15) is 0 Å². The van der Waals surface area contributed by atoms with Gasteiger partial charge in [-0.25, -0.2) is 0 Å². The van der Waals surface area contributed by atoms with E-state index in [1.807, 2.05) is 6.07 Å². The Morgan fingerprint density at radius 2 is 1.96 bits per heavy atom. The molecule has 1 saturated carbocycles. The summed E-state index contributed by atoms with van der Waals surface area (Å²) in [6.45, 7) is 6.00. The molecule has 4 heteroatoms. The number of hydrogen-bond acceptors (Lipinski definition) is 4. The molecule has 1 aromatic rings. The Kier molecular flexibility index (Phi) is 5.44. The molecule has 128 valence electrons. The van der Waals surface area contributed by atoms with Crippen molar-refractivity contribution in [1.29, 1.82) is 0 Å². The van der Waals surface area contributed by atoms with Crippen LogP contribution in [-0.2, 0) is 6.42 Å². The molecule has 0 bridgehead atoms. The topological polar surface area (TPSA) is 33.7 Å². The second kappa shape index (κ2) is 7.54. The molecular weight excluding hydrogens is 288 g/mol. The molecule has 2 atom stereocenters. The minimum atomic E-state index is 0.475. The molecular formula is C19H30N2O2. The van der Waals surface area contributed by atoms with Gasteiger partial charge in [0.05, 0.1) is 14.2 Å². The van der Waals surface area contributed by atoms with Crippen molar-refractivity contribution in [2.45, 2.75) is 44.7 Å². The van der Waals surface area contributed by atoms with E-state index in [4.69, 9.17) is 9.47 Å². The van der Waals surface area contributed by atoms with Gasteiger partial charge in [-0.2, -0.15) is 0 Å². The zero-order valence-corrected chi connectivity index (χ0v) is 14.7. The third-order valence-corrected chi connectivity index (χ3v) is 5.13. The largest absolute Gasteiger partial charge is 0.493 e. The lowest BCUT2D eigenvalue weighted by Crippen LogP contribution is -2.34. The molecule has 2 aliphatic rings. The summed E-state index contributed by atoms with van der Waals surface area (Å²) < 4.78 is 10.7. The van der Waals surface area contributed by atoms with E-state index in [1.165, 1.54) is 37.9 Å². The van der Waals surface area contributed by atoms with Crippen molar-refractivity contribution in [3.63, 3.8) is 0 Å². The maximum absolute atomic E-state index is 5.39. The number of nitrogens with one attached hydrogen (secondary N) is 1. The van der Waals surface area contributed by atoms with E-state index in [-0.39, 0.29) is 0 Å². The molecule has 3 rings (SSSR count). The minimum absolute atomic E-state index is 0.475. The molecule has 0 spiro atoms. The number of hydrogen-bond donors (Lipinski definition) is 1. The Bertz CT molecular complexity index is 516. The van der Waals surface area contributed by atoms with Gasteiger partial charge in [0.25, 0.3) is 0 Å². The van der Waals surface area contributed by atoms with E-state index < -0.39 is 0 Å². The first-order chi connectivity index (χ1) is 11.2. The van der Waals surface area contributed by atoms with Gasteiger partial charge in [-0.1, -0.05) is 6.07 Å². The lowest BCUT2D eigenvalue weighted by molar-refractivity contribution is 0.309. The van der Waals surface area contributed by atoms with Crippen LogP contribution in [0.3, 0.4) is 0 Å². The van der Waals surface area contributed by atoms with Crippen molar-refractivity contribution in [3.05, 3.63) is 23.8 Å². The van der Waals surface area contributed by atoms with Crippen LogP contribution >= 0.6 is 0 Å². The van der Waals surface area contributed by atoms with Crippen molar-refractivity contribution in [2.24, 2.45) is 5.92 Å². The predicted octanol–water partition coefficient (Wildman–Crippen LogP) is 2.71. The number of benzene rings is 1. The lowest BCUT2D eigenvalue weighted by atomic mass is 10.0. The highest BCUT2D eigenvalue weighted by atomic mass is 16.5. The molecule has 23 heavy (non-hydrogen) atoms. The van der Waals surface area contributed by atoms with Gasteiger partial charge in [-0.15, -0.1) is 0 Å². The van der Waals surface area contributed by atoms with Gasteiger partial charge in [0.2, 0.25) is 0 Å². The van der Waals surface area contributed by atoms with Gasteiger partial charge in [-0.05, 0) is 69.3 Å². The maximum Gasteiger partial charge on any atom is 0.160 e. The summed E-state index contributed by atoms with van der Waals surface area (Å²) in [4.78, 5) is 2.69. The number of nitrogens with zero attached hydrogens (tertiary/aromatic N) is 1. The summed E-state index contributed by atoms with van der Waals surface area (Å²) in [6, 6.07) is 7.60. The Morgan fingerprint density at radius 1 is 1.17 bits per heavy atom. The Morgan fingerprint density at radius 3 is 2.65 bits per heavy atom. The highest BCUT2D eigenvalue weighted by Crippen LogP contribution is 2.31. The number of methoxy groups -OCH3 is 2. The molecule has 1 aromatic carbocycles. The van der Waals surface area contributed by atoms with Crippen LogP contribution < -0.4 is 14.8 Å². The standard InChI is InChI=1S/C19H30N2O2/c1-14(10-15-4-7-18(22-2)19(11-15)23-3)20-12-16-8-9-21(13-16)17-5-6-17/h4,7,11,14,16-17,20H,5-6,8-10,12-13H2,1-3H3. The van der Waals surface area contributed by atoms with Crippen LogP contribution in [0.4, 0.5) is 0 Å². The summed E-state index contributed by atoms with van der Waals surface area (Å²) in [7, 11) is 3.36. The Labute approximate surface area is 140 Å². The fourth-order valence-electron chi connectivity index (χ4n) is 3.60. The van der Waals surface area contributed by atoms with Crippen molar-refractivity contribution in [1.82, 2.24) is 10.2 Å². The maximum atomic E-state index is 5.39. The minimum Gasteiger partial charge on any atom is -0.493 e. The molecule has 1 N–H and O–H groups in total. The molecule has 1 saturated heterocycles. The quantitative estimate of drug-likeness (QED) is 0.799. The van der Waals surface area contributed by atoms with Crippen LogP contribution in [0.5, 0.6) is 11.5 Å². The molecule has 4 nitrogen and oxygen atoms in total. The van der Waals surface area contributed by atoms with Crippen LogP contribution in [-0.4, -0.2) is 50.8 Å². The van der Waals surface area contributed by atoms with Crippen molar-refractivity contribution in [2.75, 3.05) is 33.9 Å². The van der Waals surface area contributed by atoms with Gasteiger partial charge >= 0.3 is 0 Å². The average molecular weight is 318 g/mol. The van der Waals surface area contributed by atoms with Crippen molar-refractivity contribution >= 4 is 0 Å². The smallest absolute Gasteiger partial charge is 0.160 e. The summed E-state index contributed by atoms with van der Waals surface area (Å²) >= 11 is 0. The average Bonchev–Trinajstić information content (AvgIpc) is 3.31. The number of ether oxygens (including phenoxy) is 2. The molecule has 1 heterocycles. The Hall–Kier alpha value is -1.26. The highest BCUT2D eigenvalue weighted by Gasteiger charge is 2.34. The summed E-state index contributed by atoms with van der Waals surface area (Å²) in [5.74, 6) is 2.43. The van der Waals surface area contributed by atoms with Gasteiger partial charge in [0, 0.05) is 18.6 Å². The first kappa shape index (κ1) is 16.6. The van der Waals surface area contributed by atoms with E-state index in [9.17, 15) is 0 Å². The van der Waals surface area contributed by atoms with Crippen LogP contribution in [0, 0.1) is 5.92 Å². The van der Waals surface area contributed by atoms with Crippen molar-refractivity contribution < 1.29 is 9.47 Å². The van der Waals surface area contributed by atoms with Crippen LogP contribution in [0.2, 0.25) is 0 Å². The SMILES string of the molecule is COc1ccc(CC(C)NCC2CCN(C3CC3)C2)cc1OC. The van der Waals surface area contributed by atoms with E-state index >= 15 is 0 Å². The third kappa shape index (κ3) is 4.39. The molecule has 0 amide bonds. The van der Waals surface area contributed by atoms with Gasteiger partial charge < -0.3 is 19.7 Å². The summed E-state index contributed by atoms with van der Waals surface area (Å²) in [5, 5.41) is 3.72. The van der Waals surface area contributed by atoms with Crippen LogP contribution in [0.1, 0.15) is 31.7 Å². The van der Waals surface area contributed by atoms with Gasteiger partial charge in [0.15, 0.2) is 11.5 Å². The monoisotopic (exact) mass is 318 g/mol. The zero-order chi connectivity index (χ0) is 16.2. The summed E-state index contributed by atoms with van der Waals surface area (Å²) in [5.41, 5.74) is 1.29. The third-order valence-electron chi connectivity index (χ3n) is 5.13. The fourth-order valence-corrected chi connectivity index (χ4v) is 3.60. The van der Waals surface area contributed by atoms with E-state index in [2.05, 4.69) is 29.3 Å². The van der Waals surface area contributed by atoms with E-state index in [1.54, 1.807) is 14.2 Å². The first-order valence-electron chi connectivity index (χ1n) is 8.88. The predicted molar refractivity (Wildman–Crippen MR) is 93.4 cm³/mol. The normalized spacial score (nSPS) is 23.0. The second-order valence-electron chi connectivity index (χ2n) is 7.08. The zero-order valence-electron chi connectivity index (χ0n) is 14.7. The molecule has 2 unspecified atom stereocenters. The van der Waals surface area contributed by atoms with Crippen LogP contribution in [0.15, 0.2) is 18.2 Å². The Balaban J connectivity index is 1.44. The molecule has 0 aromatic heterocycles. The highest BCUT2D eigenvalue weighted by molar-refractivity contribution is 5.43. The fraction of sp³-hybridized carbons (Fsp3) is 0.684. The number of rotatable bonds is 8. The van der Waals surface area contributed by atoms with E-state index in [0.29, 0.717) is 6.04 Å². The second-order valence-corrected chi connectivity index (χ2v) is 7.08.